The van der Waals surface area contributed by atoms with Gasteiger partial charge in [-0.05, 0) is 52.6 Å². The molecule has 5 nitrogen and oxygen atoms in total. The summed E-state index contributed by atoms with van der Waals surface area (Å²) in [6.07, 6.45) is 6.19. The summed E-state index contributed by atoms with van der Waals surface area (Å²) in [4.78, 5) is 11.1. The molecule has 0 aromatic carbocycles. The largest absolute Gasteiger partial charge is 0.474 e. The topological polar surface area (TPSA) is 50.3 Å². The maximum absolute atomic E-state index is 5.63. The Hall–Kier alpha value is -1.36. The highest BCUT2D eigenvalue weighted by atomic mass is 16.5. The molecule has 0 aliphatic carbocycles. The van der Waals surface area contributed by atoms with Crippen LogP contribution in [0.4, 0.5) is 5.82 Å². The standard InChI is InChI=1S/C15H26N4O/c1-4-19(11-13-6-5-7-16-8-13)14-9-17-10-15(18-14)20-12(2)3/h9-10,12-13,16H,4-8,11H2,1-3H3. The van der Waals surface area contributed by atoms with E-state index in [0.29, 0.717) is 11.8 Å². The monoisotopic (exact) mass is 278 g/mol. The smallest absolute Gasteiger partial charge is 0.234 e. The van der Waals surface area contributed by atoms with Crippen LogP contribution in [0.15, 0.2) is 12.4 Å². The first kappa shape index (κ1) is 15.0. The molecule has 1 atom stereocenters. The molecule has 0 radical (unpaired) electrons. The summed E-state index contributed by atoms with van der Waals surface area (Å²) in [6, 6.07) is 0. The van der Waals surface area contributed by atoms with E-state index in [-0.39, 0.29) is 6.10 Å². The highest BCUT2D eigenvalue weighted by Crippen LogP contribution is 2.18. The number of piperidine rings is 1. The third-order valence-electron chi connectivity index (χ3n) is 3.54. The number of anilines is 1. The Morgan fingerprint density at radius 3 is 2.95 bits per heavy atom. The van der Waals surface area contributed by atoms with E-state index < -0.39 is 0 Å². The van der Waals surface area contributed by atoms with Gasteiger partial charge in [-0.1, -0.05) is 0 Å². The minimum Gasteiger partial charge on any atom is -0.474 e. The molecule has 1 aromatic rings. The van der Waals surface area contributed by atoms with Crippen LogP contribution in [0, 0.1) is 5.92 Å². The van der Waals surface area contributed by atoms with Crippen molar-refractivity contribution in [2.75, 3.05) is 31.1 Å². The zero-order chi connectivity index (χ0) is 14.4. The van der Waals surface area contributed by atoms with Gasteiger partial charge in [-0.2, -0.15) is 4.98 Å². The summed E-state index contributed by atoms with van der Waals surface area (Å²) in [5.41, 5.74) is 0. The molecule has 0 bridgehead atoms. The highest BCUT2D eigenvalue weighted by molar-refractivity contribution is 5.37. The predicted octanol–water partition coefficient (Wildman–Crippen LogP) is 2.09. The van der Waals surface area contributed by atoms with E-state index in [9.17, 15) is 0 Å². The van der Waals surface area contributed by atoms with Gasteiger partial charge in [0.1, 0.15) is 0 Å². The summed E-state index contributed by atoms with van der Waals surface area (Å²) in [5.74, 6) is 2.22. The van der Waals surface area contributed by atoms with Crippen LogP contribution in [-0.4, -0.2) is 42.3 Å². The van der Waals surface area contributed by atoms with Gasteiger partial charge >= 0.3 is 0 Å². The van der Waals surface area contributed by atoms with Gasteiger partial charge in [0.15, 0.2) is 5.82 Å². The number of hydrogen-bond acceptors (Lipinski definition) is 5. The Morgan fingerprint density at radius 1 is 1.45 bits per heavy atom. The fourth-order valence-electron chi connectivity index (χ4n) is 2.57. The van der Waals surface area contributed by atoms with Gasteiger partial charge in [-0.15, -0.1) is 0 Å². The Bertz CT molecular complexity index is 405. The molecule has 20 heavy (non-hydrogen) atoms. The average molecular weight is 278 g/mol. The average Bonchev–Trinajstić information content (AvgIpc) is 2.45. The molecule has 5 heteroatoms. The summed E-state index contributed by atoms with van der Waals surface area (Å²) in [7, 11) is 0. The fourth-order valence-corrected chi connectivity index (χ4v) is 2.57. The summed E-state index contributed by atoms with van der Waals surface area (Å²) < 4.78 is 5.63. The zero-order valence-electron chi connectivity index (χ0n) is 12.8. The van der Waals surface area contributed by atoms with Crippen LogP contribution in [0.25, 0.3) is 0 Å². The van der Waals surface area contributed by atoms with Crippen LogP contribution in [0.3, 0.4) is 0 Å². The molecule has 2 rings (SSSR count). The van der Waals surface area contributed by atoms with Crippen molar-refractivity contribution in [3.8, 4) is 5.88 Å². The van der Waals surface area contributed by atoms with Crippen molar-refractivity contribution >= 4 is 5.82 Å². The molecule has 0 saturated carbocycles. The van der Waals surface area contributed by atoms with Crippen molar-refractivity contribution in [1.82, 2.24) is 15.3 Å². The molecule has 0 spiro atoms. The first-order valence-electron chi connectivity index (χ1n) is 7.63. The van der Waals surface area contributed by atoms with Crippen LogP contribution in [0.2, 0.25) is 0 Å². The van der Waals surface area contributed by atoms with E-state index in [1.165, 1.54) is 12.8 Å². The first-order valence-corrected chi connectivity index (χ1v) is 7.63. The van der Waals surface area contributed by atoms with Crippen molar-refractivity contribution in [3.63, 3.8) is 0 Å². The van der Waals surface area contributed by atoms with Crippen molar-refractivity contribution in [1.29, 1.82) is 0 Å². The van der Waals surface area contributed by atoms with Crippen LogP contribution in [0.1, 0.15) is 33.6 Å². The first-order chi connectivity index (χ1) is 9.69. The lowest BCUT2D eigenvalue weighted by Crippen LogP contribution is -2.38. The summed E-state index contributed by atoms with van der Waals surface area (Å²) >= 11 is 0. The van der Waals surface area contributed by atoms with Crippen LogP contribution in [-0.2, 0) is 0 Å². The van der Waals surface area contributed by atoms with E-state index in [1.807, 2.05) is 20.0 Å². The fraction of sp³-hybridized carbons (Fsp3) is 0.733. The van der Waals surface area contributed by atoms with Gasteiger partial charge in [-0.3, -0.25) is 4.98 Å². The van der Waals surface area contributed by atoms with Crippen LogP contribution >= 0.6 is 0 Å². The lowest BCUT2D eigenvalue weighted by Gasteiger charge is -2.30. The Balaban J connectivity index is 2.02. The molecule has 1 aromatic heterocycles. The molecule has 1 aliphatic heterocycles. The van der Waals surface area contributed by atoms with E-state index in [1.54, 1.807) is 6.20 Å². The number of nitrogens with zero attached hydrogens (tertiary/aromatic N) is 3. The highest BCUT2D eigenvalue weighted by Gasteiger charge is 2.17. The second-order valence-electron chi connectivity index (χ2n) is 5.63. The van der Waals surface area contributed by atoms with Gasteiger partial charge in [0, 0.05) is 13.1 Å². The third kappa shape index (κ3) is 4.34. The molecule has 1 fully saturated rings. The molecule has 0 amide bonds. The van der Waals surface area contributed by atoms with Gasteiger partial charge in [0.05, 0.1) is 18.5 Å². The number of rotatable bonds is 6. The van der Waals surface area contributed by atoms with E-state index in [0.717, 1.165) is 32.0 Å². The maximum Gasteiger partial charge on any atom is 0.234 e. The van der Waals surface area contributed by atoms with Crippen molar-refractivity contribution in [3.05, 3.63) is 12.4 Å². The Labute approximate surface area is 121 Å². The minimum absolute atomic E-state index is 0.122. The molecule has 1 N–H and O–H groups in total. The number of hydrogen-bond donors (Lipinski definition) is 1. The quantitative estimate of drug-likeness (QED) is 0.863. The lowest BCUT2D eigenvalue weighted by molar-refractivity contribution is 0.231. The SMILES string of the molecule is CCN(CC1CCCNC1)c1cncc(OC(C)C)n1. The molecular formula is C15H26N4O. The molecule has 1 unspecified atom stereocenters. The van der Waals surface area contributed by atoms with Crippen LogP contribution < -0.4 is 15.0 Å². The second-order valence-corrected chi connectivity index (χ2v) is 5.63. The predicted molar refractivity (Wildman–Crippen MR) is 81.3 cm³/mol. The normalized spacial score (nSPS) is 19.1. The number of nitrogens with one attached hydrogen (secondary N) is 1. The third-order valence-corrected chi connectivity index (χ3v) is 3.54. The number of aromatic nitrogens is 2. The maximum atomic E-state index is 5.63. The molecule has 1 saturated heterocycles. The van der Waals surface area contributed by atoms with Crippen molar-refractivity contribution in [2.45, 2.75) is 39.7 Å². The zero-order valence-corrected chi connectivity index (χ0v) is 12.8. The van der Waals surface area contributed by atoms with Crippen LogP contribution in [0.5, 0.6) is 5.88 Å². The number of ether oxygens (including phenoxy) is 1. The Morgan fingerprint density at radius 2 is 2.30 bits per heavy atom. The van der Waals surface area contributed by atoms with Crippen molar-refractivity contribution in [2.24, 2.45) is 5.92 Å². The lowest BCUT2D eigenvalue weighted by atomic mass is 9.99. The minimum atomic E-state index is 0.122. The van der Waals surface area contributed by atoms with Gasteiger partial charge in [0.2, 0.25) is 5.88 Å². The van der Waals surface area contributed by atoms with Gasteiger partial charge in [0.25, 0.3) is 0 Å². The van der Waals surface area contributed by atoms with Gasteiger partial charge < -0.3 is 15.0 Å². The summed E-state index contributed by atoms with van der Waals surface area (Å²) in [5, 5.41) is 3.47. The van der Waals surface area contributed by atoms with Gasteiger partial charge in [-0.25, -0.2) is 0 Å². The van der Waals surface area contributed by atoms with Crippen molar-refractivity contribution < 1.29 is 4.74 Å². The Kier molecular flexibility index (Phi) is 5.59. The van der Waals surface area contributed by atoms with E-state index >= 15 is 0 Å². The van der Waals surface area contributed by atoms with E-state index in [4.69, 9.17) is 4.74 Å². The van der Waals surface area contributed by atoms with E-state index in [2.05, 4.69) is 27.1 Å². The summed E-state index contributed by atoms with van der Waals surface area (Å²) in [6.45, 7) is 10.4. The molecule has 1 aliphatic rings. The molecule has 112 valence electrons. The molecule has 2 heterocycles. The molecular weight excluding hydrogens is 252 g/mol. The second kappa shape index (κ2) is 7.43.